The van der Waals surface area contributed by atoms with Crippen LogP contribution in [0.15, 0.2) is 17.5 Å². The molecule has 0 spiro atoms. The van der Waals surface area contributed by atoms with Gasteiger partial charge in [0.15, 0.2) is 0 Å². The topological polar surface area (TPSA) is 44.4 Å². The number of carbonyl (C=O) groups is 1. The van der Waals surface area contributed by atoms with Gasteiger partial charge in [0.2, 0.25) is 0 Å². The lowest BCUT2D eigenvalue weighted by Crippen LogP contribution is -2.35. The maximum Gasteiger partial charge on any atom is 0.315 e. The molecule has 102 valence electrons. The number of nitrogens with zero attached hydrogens (tertiary/aromatic N) is 1. The number of thiophene rings is 1. The number of likely N-dealkylation sites (tertiary alicyclic amines) is 1. The van der Waals surface area contributed by atoms with Crippen molar-refractivity contribution in [3.05, 3.63) is 22.4 Å². The molecule has 0 unspecified atom stereocenters. The molecule has 0 aromatic carbocycles. The zero-order chi connectivity index (χ0) is 13.3. The van der Waals surface area contributed by atoms with E-state index in [-0.39, 0.29) is 6.03 Å². The minimum Gasteiger partial charge on any atom is -0.333 e. The Kier molecular flexibility index (Phi) is 5.73. The summed E-state index contributed by atoms with van der Waals surface area (Å²) in [5.41, 5.74) is 0. The van der Waals surface area contributed by atoms with Crippen molar-refractivity contribution >= 4 is 17.4 Å². The van der Waals surface area contributed by atoms with Crippen molar-refractivity contribution < 1.29 is 4.79 Å². The number of urea groups is 1. The summed E-state index contributed by atoms with van der Waals surface area (Å²) in [7, 11) is 0. The molecule has 0 atom stereocenters. The van der Waals surface area contributed by atoms with E-state index >= 15 is 0 Å². The largest absolute Gasteiger partial charge is 0.333 e. The van der Waals surface area contributed by atoms with E-state index in [1.165, 1.54) is 12.8 Å². The van der Waals surface area contributed by atoms with Crippen LogP contribution >= 0.6 is 11.3 Å². The molecule has 1 aliphatic heterocycles. The molecule has 2 amide bonds. The molecule has 2 rings (SSSR count). The first-order chi connectivity index (χ1) is 9.34. The number of amides is 2. The Morgan fingerprint density at radius 2 is 2.16 bits per heavy atom. The van der Waals surface area contributed by atoms with E-state index in [0.29, 0.717) is 13.1 Å². The number of hydrogen-bond acceptors (Lipinski definition) is 3. The third-order valence-electron chi connectivity index (χ3n) is 2.97. The monoisotopic (exact) mass is 277 g/mol. The Bertz CT molecular complexity index is 441. The van der Waals surface area contributed by atoms with E-state index in [9.17, 15) is 4.79 Å². The van der Waals surface area contributed by atoms with Gasteiger partial charge in [0.05, 0.1) is 19.6 Å². The second-order valence-electron chi connectivity index (χ2n) is 4.45. The SMILES string of the molecule is O=C(NCC#CCN1CCCC1)NCc1cccs1. The first-order valence-corrected chi connectivity index (χ1v) is 7.45. The zero-order valence-electron chi connectivity index (χ0n) is 10.9. The number of nitrogens with one attached hydrogen (secondary N) is 2. The van der Waals surface area contributed by atoms with Crippen molar-refractivity contribution in [1.82, 2.24) is 15.5 Å². The van der Waals surface area contributed by atoms with Gasteiger partial charge in [0, 0.05) is 4.88 Å². The van der Waals surface area contributed by atoms with E-state index in [2.05, 4.69) is 27.4 Å². The Balaban J connectivity index is 1.54. The van der Waals surface area contributed by atoms with Crippen molar-refractivity contribution in [3.8, 4) is 11.8 Å². The zero-order valence-corrected chi connectivity index (χ0v) is 11.8. The van der Waals surface area contributed by atoms with Crippen molar-refractivity contribution in [2.45, 2.75) is 19.4 Å². The predicted molar refractivity (Wildman–Crippen MR) is 78.0 cm³/mol. The third-order valence-corrected chi connectivity index (χ3v) is 3.84. The summed E-state index contributed by atoms with van der Waals surface area (Å²) in [6.45, 7) is 4.11. The summed E-state index contributed by atoms with van der Waals surface area (Å²) in [6.07, 6.45) is 2.57. The highest BCUT2D eigenvalue weighted by atomic mass is 32.1. The molecule has 1 fully saturated rings. The van der Waals surface area contributed by atoms with Crippen LogP contribution in [0.4, 0.5) is 4.79 Å². The van der Waals surface area contributed by atoms with Gasteiger partial charge in [-0.3, -0.25) is 4.90 Å². The van der Waals surface area contributed by atoms with E-state index in [0.717, 1.165) is 24.5 Å². The second-order valence-corrected chi connectivity index (χ2v) is 5.48. The van der Waals surface area contributed by atoms with Crippen molar-refractivity contribution in [2.24, 2.45) is 0 Å². The molecule has 0 radical (unpaired) electrons. The molecule has 1 aromatic heterocycles. The van der Waals surface area contributed by atoms with Crippen LogP contribution in [0.2, 0.25) is 0 Å². The van der Waals surface area contributed by atoms with Crippen molar-refractivity contribution in [1.29, 1.82) is 0 Å². The van der Waals surface area contributed by atoms with Gasteiger partial charge in [-0.2, -0.15) is 0 Å². The fraction of sp³-hybridized carbons (Fsp3) is 0.500. The highest BCUT2D eigenvalue weighted by molar-refractivity contribution is 7.09. The summed E-state index contributed by atoms with van der Waals surface area (Å²) >= 11 is 1.63. The van der Waals surface area contributed by atoms with Gasteiger partial charge in [-0.05, 0) is 37.4 Å². The lowest BCUT2D eigenvalue weighted by atomic mass is 10.4. The van der Waals surface area contributed by atoms with E-state index in [1.54, 1.807) is 11.3 Å². The van der Waals surface area contributed by atoms with Gasteiger partial charge in [0.1, 0.15) is 0 Å². The van der Waals surface area contributed by atoms with E-state index in [1.807, 2.05) is 17.5 Å². The van der Waals surface area contributed by atoms with Crippen LogP contribution < -0.4 is 10.6 Å². The van der Waals surface area contributed by atoms with Crippen LogP contribution in [0.5, 0.6) is 0 Å². The molecule has 0 aliphatic carbocycles. The minimum absolute atomic E-state index is 0.163. The molecule has 1 saturated heterocycles. The Morgan fingerprint density at radius 3 is 2.89 bits per heavy atom. The standard InChI is InChI=1S/C14H19N3OS/c18-14(16-12-13-6-5-11-19-13)15-7-1-2-8-17-9-3-4-10-17/h5-6,11H,3-4,7-10,12H2,(H2,15,16,18). The fourth-order valence-electron chi connectivity index (χ4n) is 1.94. The normalized spacial score (nSPS) is 14.7. The highest BCUT2D eigenvalue weighted by Gasteiger charge is 2.08. The molecule has 1 aliphatic rings. The van der Waals surface area contributed by atoms with Crippen LogP contribution in [0, 0.1) is 11.8 Å². The summed E-state index contributed by atoms with van der Waals surface area (Å²) in [5, 5.41) is 7.53. The average Bonchev–Trinajstić information content (AvgIpc) is 3.09. The molecule has 5 heteroatoms. The highest BCUT2D eigenvalue weighted by Crippen LogP contribution is 2.07. The van der Waals surface area contributed by atoms with Gasteiger partial charge in [-0.25, -0.2) is 4.79 Å². The summed E-state index contributed by atoms with van der Waals surface area (Å²) < 4.78 is 0. The summed E-state index contributed by atoms with van der Waals surface area (Å²) in [6, 6.07) is 3.81. The predicted octanol–water partition coefficient (Wildman–Crippen LogP) is 1.65. The van der Waals surface area contributed by atoms with Crippen molar-refractivity contribution in [2.75, 3.05) is 26.2 Å². The summed E-state index contributed by atoms with van der Waals surface area (Å²) in [4.78, 5) is 14.9. The van der Waals surface area contributed by atoms with Gasteiger partial charge in [-0.1, -0.05) is 17.9 Å². The van der Waals surface area contributed by atoms with E-state index < -0.39 is 0 Å². The number of rotatable bonds is 4. The molecule has 0 bridgehead atoms. The minimum atomic E-state index is -0.163. The van der Waals surface area contributed by atoms with E-state index in [4.69, 9.17) is 0 Å². The second kappa shape index (κ2) is 7.82. The fourth-order valence-corrected chi connectivity index (χ4v) is 2.58. The Labute approximate surface area is 118 Å². The Hall–Kier alpha value is -1.51. The summed E-state index contributed by atoms with van der Waals surface area (Å²) in [5.74, 6) is 6.06. The third kappa shape index (κ3) is 5.33. The smallest absolute Gasteiger partial charge is 0.315 e. The lowest BCUT2D eigenvalue weighted by molar-refractivity contribution is 0.242. The first kappa shape index (κ1) is 13.9. The van der Waals surface area contributed by atoms with Gasteiger partial charge in [0.25, 0.3) is 0 Å². The molecular weight excluding hydrogens is 258 g/mol. The van der Waals surface area contributed by atoms with Crippen LogP contribution in [0.3, 0.4) is 0 Å². The van der Waals surface area contributed by atoms with Crippen LogP contribution in [0.25, 0.3) is 0 Å². The quantitative estimate of drug-likeness (QED) is 0.822. The molecule has 0 saturated carbocycles. The Morgan fingerprint density at radius 1 is 1.32 bits per heavy atom. The maximum atomic E-state index is 11.5. The van der Waals surface area contributed by atoms with Crippen LogP contribution in [0.1, 0.15) is 17.7 Å². The molecule has 19 heavy (non-hydrogen) atoms. The lowest BCUT2D eigenvalue weighted by Gasteiger charge is -2.08. The average molecular weight is 277 g/mol. The van der Waals surface area contributed by atoms with Gasteiger partial charge >= 0.3 is 6.03 Å². The maximum absolute atomic E-state index is 11.5. The molecule has 2 heterocycles. The number of carbonyl (C=O) groups excluding carboxylic acids is 1. The molecular formula is C14H19N3OS. The van der Waals surface area contributed by atoms with Crippen molar-refractivity contribution in [3.63, 3.8) is 0 Å². The number of hydrogen-bond donors (Lipinski definition) is 2. The van der Waals surface area contributed by atoms with Gasteiger partial charge < -0.3 is 10.6 Å². The molecule has 2 N–H and O–H groups in total. The molecule has 1 aromatic rings. The van der Waals surface area contributed by atoms with Crippen LogP contribution in [-0.4, -0.2) is 37.1 Å². The van der Waals surface area contributed by atoms with Crippen LogP contribution in [-0.2, 0) is 6.54 Å². The van der Waals surface area contributed by atoms with Gasteiger partial charge in [-0.15, -0.1) is 11.3 Å². The molecule has 4 nitrogen and oxygen atoms in total. The first-order valence-electron chi connectivity index (χ1n) is 6.57.